The van der Waals surface area contributed by atoms with Crippen LogP contribution in [0.5, 0.6) is 17.2 Å². The van der Waals surface area contributed by atoms with E-state index < -0.39 is 0 Å². The van der Waals surface area contributed by atoms with Crippen LogP contribution in [0.3, 0.4) is 0 Å². The molecule has 0 bridgehead atoms. The summed E-state index contributed by atoms with van der Waals surface area (Å²) in [5, 5.41) is 13.4. The van der Waals surface area contributed by atoms with E-state index in [9.17, 15) is 4.79 Å². The number of ether oxygens (including phenoxy) is 3. The Hall–Kier alpha value is -4.31. The molecule has 1 N–H and O–H groups in total. The lowest BCUT2D eigenvalue weighted by Gasteiger charge is -2.11. The first-order valence-electron chi connectivity index (χ1n) is 10.9. The van der Waals surface area contributed by atoms with Crippen molar-refractivity contribution in [1.29, 1.82) is 0 Å². The number of thioether (sulfide) groups is 1. The Balaban J connectivity index is 1.51. The second-order valence-corrected chi connectivity index (χ2v) is 8.37. The van der Waals surface area contributed by atoms with Crippen molar-refractivity contribution in [3.8, 4) is 34.3 Å². The maximum absolute atomic E-state index is 12.5. The van der Waals surface area contributed by atoms with Gasteiger partial charge in [-0.15, -0.1) is 10.2 Å². The van der Waals surface area contributed by atoms with Gasteiger partial charge in [0, 0.05) is 11.3 Å². The van der Waals surface area contributed by atoms with E-state index in [0.29, 0.717) is 16.7 Å². The highest BCUT2D eigenvalue weighted by molar-refractivity contribution is 7.99. The molecule has 0 saturated carbocycles. The molecule has 9 nitrogen and oxygen atoms in total. The minimum absolute atomic E-state index is 0.104. The number of benzene rings is 3. The fourth-order valence-electron chi connectivity index (χ4n) is 3.32. The molecule has 0 atom stereocenters. The summed E-state index contributed by atoms with van der Waals surface area (Å²) in [4.78, 5) is 12.5. The fourth-order valence-corrected chi connectivity index (χ4v) is 4.06. The van der Waals surface area contributed by atoms with Gasteiger partial charge in [-0.05, 0) is 66.2 Å². The minimum Gasteiger partial charge on any atom is -0.497 e. The standard InChI is InChI=1S/C26H25N5O4S/c1-33-21-11-7-19(8-12-21)25-29-30-26(31(25)20-9-13-22(34-2)14-10-20)36-17-24(32)28-27-16-18-5-4-6-23(15-18)35-3/h4-16H,17H2,1-3H3,(H,28,32)/b27-16-. The van der Waals surface area contributed by atoms with Gasteiger partial charge in [-0.2, -0.15) is 5.10 Å². The quantitative estimate of drug-likeness (QED) is 0.197. The molecule has 0 saturated heterocycles. The molecule has 3 aromatic carbocycles. The summed E-state index contributed by atoms with van der Waals surface area (Å²) in [5.74, 6) is 2.67. The number of hydrogen-bond acceptors (Lipinski definition) is 8. The van der Waals surface area contributed by atoms with Gasteiger partial charge in [-0.1, -0.05) is 23.9 Å². The Kier molecular flexibility index (Phi) is 8.20. The molecular weight excluding hydrogens is 478 g/mol. The Morgan fingerprint density at radius 2 is 1.58 bits per heavy atom. The molecule has 184 valence electrons. The molecule has 0 aliphatic carbocycles. The largest absolute Gasteiger partial charge is 0.497 e. The molecular formula is C26H25N5O4S. The van der Waals surface area contributed by atoms with Crippen molar-refractivity contribution < 1.29 is 19.0 Å². The zero-order valence-corrected chi connectivity index (χ0v) is 20.9. The van der Waals surface area contributed by atoms with Gasteiger partial charge in [0.1, 0.15) is 17.2 Å². The van der Waals surface area contributed by atoms with Crippen molar-refractivity contribution in [3.05, 3.63) is 78.4 Å². The molecule has 36 heavy (non-hydrogen) atoms. The zero-order valence-electron chi connectivity index (χ0n) is 20.0. The molecule has 1 heterocycles. The van der Waals surface area contributed by atoms with Crippen molar-refractivity contribution >= 4 is 23.9 Å². The van der Waals surface area contributed by atoms with E-state index in [1.54, 1.807) is 27.5 Å². The SMILES string of the molecule is COc1ccc(-c2nnc(SCC(=O)N/N=C\c3cccc(OC)c3)n2-c2ccc(OC)cc2)cc1. The number of amides is 1. The molecule has 1 amide bonds. The smallest absolute Gasteiger partial charge is 0.250 e. The summed E-state index contributed by atoms with van der Waals surface area (Å²) in [5.41, 5.74) is 5.05. The second kappa shape index (κ2) is 11.9. The third kappa shape index (κ3) is 6.02. The molecule has 4 aromatic rings. The third-order valence-corrected chi connectivity index (χ3v) is 6.07. The Morgan fingerprint density at radius 3 is 2.25 bits per heavy atom. The van der Waals surface area contributed by atoms with Crippen LogP contribution in [0.2, 0.25) is 0 Å². The number of methoxy groups -OCH3 is 3. The maximum Gasteiger partial charge on any atom is 0.250 e. The first-order chi connectivity index (χ1) is 17.6. The zero-order chi connectivity index (χ0) is 25.3. The van der Waals surface area contributed by atoms with Crippen molar-refractivity contribution in [2.45, 2.75) is 5.16 Å². The van der Waals surface area contributed by atoms with Gasteiger partial charge >= 0.3 is 0 Å². The highest BCUT2D eigenvalue weighted by Gasteiger charge is 2.17. The van der Waals surface area contributed by atoms with Crippen LogP contribution in [-0.4, -0.2) is 54.0 Å². The van der Waals surface area contributed by atoms with E-state index in [4.69, 9.17) is 14.2 Å². The molecule has 0 spiro atoms. The predicted octanol–water partition coefficient (Wildman–Crippen LogP) is 4.20. The molecule has 4 rings (SSSR count). The number of aromatic nitrogens is 3. The fraction of sp³-hybridized carbons (Fsp3) is 0.154. The first-order valence-corrected chi connectivity index (χ1v) is 11.9. The number of hydrogen-bond donors (Lipinski definition) is 1. The van der Waals surface area contributed by atoms with Crippen LogP contribution in [0.25, 0.3) is 17.1 Å². The highest BCUT2D eigenvalue weighted by Crippen LogP contribution is 2.29. The van der Waals surface area contributed by atoms with Crippen molar-refractivity contribution in [2.75, 3.05) is 27.1 Å². The average molecular weight is 504 g/mol. The van der Waals surface area contributed by atoms with Crippen LogP contribution in [-0.2, 0) is 4.79 Å². The van der Waals surface area contributed by atoms with E-state index >= 15 is 0 Å². The summed E-state index contributed by atoms with van der Waals surface area (Å²) in [7, 11) is 4.84. The molecule has 0 radical (unpaired) electrons. The van der Waals surface area contributed by atoms with Gasteiger partial charge < -0.3 is 14.2 Å². The maximum atomic E-state index is 12.5. The topological polar surface area (TPSA) is 99.9 Å². The summed E-state index contributed by atoms with van der Waals surface area (Å²) in [6, 6.07) is 22.5. The lowest BCUT2D eigenvalue weighted by Crippen LogP contribution is -2.20. The number of nitrogens with zero attached hydrogens (tertiary/aromatic N) is 4. The molecule has 0 fully saturated rings. The molecule has 0 unspecified atom stereocenters. The van der Waals surface area contributed by atoms with Crippen molar-refractivity contribution in [3.63, 3.8) is 0 Å². The van der Waals surface area contributed by atoms with E-state index in [0.717, 1.165) is 28.3 Å². The van der Waals surface area contributed by atoms with Gasteiger partial charge in [0.05, 0.1) is 33.3 Å². The van der Waals surface area contributed by atoms with Crippen LogP contribution in [0.1, 0.15) is 5.56 Å². The third-order valence-electron chi connectivity index (χ3n) is 5.14. The first kappa shape index (κ1) is 24.8. The normalized spacial score (nSPS) is 10.9. The van der Waals surface area contributed by atoms with Crippen LogP contribution in [0.4, 0.5) is 0 Å². The molecule has 0 aliphatic heterocycles. The summed E-state index contributed by atoms with van der Waals surface area (Å²) in [6.45, 7) is 0. The van der Waals surface area contributed by atoms with Crippen LogP contribution >= 0.6 is 11.8 Å². The summed E-state index contributed by atoms with van der Waals surface area (Å²) >= 11 is 1.26. The van der Waals surface area contributed by atoms with E-state index in [1.165, 1.54) is 11.8 Å². The van der Waals surface area contributed by atoms with Crippen molar-refractivity contribution in [2.24, 2.45) is 5.10 Å². The van der Waals surface area contributed by atoms with Gasteiger partial charge in [0.15, 0.2) is 11.0 Å². The van der Waals surface area contributed by atoms with E-state index in [1.807, 2.05) is 77.4 Å². The van der Waals surface area contributed by atoms with Gasteiger partial charge in [0.2, 0.25) is 0 Å². The highest BCUT2D eigenvalue weighted by atomic mass is 32.2. The van der Waals surface area contributed by atoms with E-state index in [2.05, 4.69) is 20.7 Å². The predicted molar refractivity (Wildman–Crippen MR) is 139 cm³/mol. The molecule has 1 aromatic heterocycles. The Labute approximate surface area is 213 Å². The van der Waals surface area contributed by atoms with E-state index in [-0.39, 0.29) is 11.7 Å². The second-order valence-electron chi connectivity index (χ2n) is 7.43. The minimum atomic E-state index is -0.269. The number of nitrogens with one attached hydrogen (secondary N) is 1. The van der Waals surface area contributed by atoms with Crippen molar-refractivity contribution in [1.82, 2.24) is 20.2 Å². The summed E-state index contributed by atoms with van der Waals surface area (Å²) in [6.07, 6.45) is 1.56. The summed E-state index contributed by atoms with van der Waals surface area (Å²) < 4.78 is 17.6. The Morgan fingerprint density at radius 1 is 0.917 bits per heavy atom. The van der Waals surface area contributed by atoms with Gasteiger partial charge in [-0.25, -0.2) is 5.43 Å². The average Bonchev–Trinajstić information content (AvgIpc) is 3.36. The lowest BCUT2D eigenvalue weighted by atomic mass is 10.2. The van der Waals surface area contributed by atoms with Crippen LogP contribution in [0.15, 0.2) is 83.1 Å². The Bertz CT molecular complexity index is 1340. The number of carbonyl (C=O) groups is 1. The number of hydrazone groups is 1. The molecule has 0 aliphatic rings. The number of rotatable bonds is 10. The lowest BCUT2D eigenvalue weighted by molar-refractivity contribution is -0.118. The monoisotopic (exact) mass is 503 g/mol. The molecule has 10 heteroatoms. The van der Waals surface area contributed by atoms with Crippen LogP contribution in [0, 0.1) is 0 Å². The van der Waals surface area contributed by atoms with Crippen LogP contribution < -0.4 is 19.6 Å². The van der Waals surface area contributed by atoms with Gasteiger partial charge in [0.25, 0.3) is 5.91 Å². The van der Waals surface area contributed by atoms with Gasteiger partial charge in [-0.3, -0.25) is 9.36 Å². The number of carbonyl (C=O) groups excluding carboxylic acids is 1.